The van der Waals surface area contributed by atoms with Gasteiger partial charge in [0.05, 0.1) is 0 Å². The first-order chi connectivity index (χ1) is 11.9. The van der Waals surface area contributed by atoms with Gasteiger partial charge in [0.1, 0.15) is 12.1 Å². The van der Waals surface area contributed by atoms with Gasteiger partial charge < -0.3 is 9.64 Å². The number of nitrogens with zero attached hydrogens (tertiary/aromatic N) is 1. The molecule has 0 aromatic carbocycles. The van der Waals surface area contributed by atoms with Gasteiger partial charge in [-0.2, -0.15) is 0 Å². The largest absolute Gasteiger partial charge is 0.457 e. The number of carbonyl (C=O) groups is 2. The lowest BCUT2D eigenvalue weighted by Gasteiger charge is -2.23. The number of carbonyl (C=O) groups excluding carboxylic acids is 2. The molecule has 2 aliphatic rings. The smallest absolute Gasteiger partial charge is 0.326 e. The standard InChI is InChI=1S/C19H33N3O3/c1-15-13-19(15)12-10-8-6-4-3-5-7-9-11-16(23)21-18(20)22(2)14-17(24)25-19/h15H,3-14H2,1-2H3,(H2,20,21,23). The molecule has 6 heteroatoms. The Morgan fingerprint density at radius 3 is 2.24 bits per heavy atom. The van der Waals surface area contributed by atoms with E-state index in [9.17, 15) is 9.59 Å². The second-order valence-corrected chi connectivity index (χ2v) is 7.73. The number of nitrogens with one attached hydrogen (secondary N) is 2. The van der Waals surface area contributed by atoms with Gasteiger partial charge >= 0.3 is 5.97 Å². The third-order valence-electron chi connectivity index (χ3n) is 5.47. The Balaban J connectivity index is 1.91. The Hall–Kier alpha value is -1.59. The van der Waals surface area contributed by atoms with Crippen LogP contribution in [-0.2, 0) is 14.3 Å². The van der Waals surface area contributed by atoms with E-state index in [1.807, 2.05) is 0 Å². The molecule has 0 aromatic rings. The van der Waals surface area contributed by atoms with Crippen molar-refractivity contribution < 1.29 is 14.3 Å². The molecule has 1 aliphatic heterocycles. The van der Waals surface area contributed by atoms with Crippen LogP contribution in [0.3, 0.4) is 0 Å². The zero-order valence-corrected chi connectivity index (χ0v) is 15.7. The average Bonchev–Trinajstić information content (AvgIpc) is 3.17. The van der Waals surface area contributed by atoms with Crippen molar-refractivity contribution in [2.75, 3.05) is 13.6 Å². The third kappa shape index (κ3) is 6.33. The van der Waals surface area contributed by atoms with E-state index in [0.717, 1.165) is 32.1 Å². The van der Waals surface area contributed by atoms with Gasteiger partial charge in [-0.15, -0.1) is 0 Å². The van der Waals surface area contributed by atoms with Crippen LogP contribution in [0.5, 0.6) is 0 Å². The summed E-state index contributed by atoms with van der Waals surface area (Å²) in [4.78, 5) is 25.6. The van der Waals surface area contributed by atoms with Crippen LogP contribution in [0.4, 0.5) is 0 Å². The molecule has 6 nitrogen and oxygen atoms in total. The lowest BCUT2D eigenvalue weighted by Crippen LogP contribution is -2.44. The van der Waals surface area contributed by atoms with Crippen LogP contribution in [0.2, 0.25) is 0 Å². The Labute approximate surface area is 151 Å². The molecule has 2 fully saturated rings. The number of esters is 1. The highest BCUT2D eigenvalue weighted by Crippen LogP contribution is 2.50. The highest BCUT2D eigenvalue weighted by atomic mass is 16.6. The fourth-order valence-corrected chi connectivity index (χ4v) is 3.59. The lowest BCUT2D eigenvalue weighted by molar-refractivity contribution is -0.152. The van der Waals surface area contributed by atoms with Gasteiger partial charge in [0.15, 0.2) is 5.96 Å². The molecule has 142 valence electrons. The van der Waals surface area contributed by atoms with E-state index in [0.29, 0.717) is 12.3 Å². The molecule has 1 amide bonds. The summed E-state index contributed by atoms with van der Waals surface area (Å²) < 4.78 is 5.76. The monoisotopic (exact) mass is 351 g/mol. The minimum Gasteiger partial charge on any atom is -0.457 e. The van der Waals surface area contributed by atoms with E-state index in [2.05, 4.69) is 12.2 Å². The fraction of sp³-hybridized carbons (Fsp3) is 0.842. The summed E-state index contributed by atoms with van der Waals surface area (Å²) in [5, 5.41) is 10.5. The molecule has 1 heterocycles. The Morgan fingerprint density at radius 2 is 1.64 bits per heavy atom. The van der Waals surface area contributed by atoms with Crippen molar-refractivity contribution >= 4 is 17.8 Å². The number of amides is 1. The molecule has 2 N–H and O–H groups in total. The van der Waals surface area contributed by atoms with Crippen molar-refractivity contribution in [3.8, 4) is 0 Å². The van der Waals surface area contributed by atoms with E-state index in [-0.39, 0.29) is 30.0 Å². The van der Waals surface area contributed by atoms with Crippen LogP contribution in [0.25, 0.3) is 0 Å². The van der Waals surface area contributed by atoms with E-state index < -0.39 is 0 Å². The quantitative estimate of drug-likeness (QED) is 0.657. The zero-order valence-electron chi connectivity index (χ0n) is 15.7. The maximum Gasteiger partial charge on any atom is 0.326 e. The molecule has 1 saturated heterocycles. The summed E-state index contributed by atoms with van der Waals surface area (Å²) in [5.74, 6) is -0.0851. The maximum absolute atomic E-state index is 12.2. The van der Waals surface area contributed by atoms with Gasteiger partial charge in [0.25, 0.3) is 0 Å². The second kappa shape index (κ2) is 9.20. The van der Waals surface area contributed by atoms with Crippen LogP contribution < -0.4 is 5.32 Å². The zero-order chi connectivity index (χ0) is 18.3. The topological polar surface area (TPSA) is 82.5 Å². The van der Waals surface area contributed by atoms with Crippen LogP contribution in [0.15, 0.2) is 0 Å². The first-order valence-electron chi connectivity index (χ1n) is 9.74. The summed E-state index contributed by atoms with van der Waals surface area (Å²) in [7, 11) is 1.63. The number of hydrogen-bond donors (Lipinski definition) is 2. The molecule has 2 rings (SSSR count). The van der Waals surface area contributed by atoms with Crippen molar-refractivity contribution in [2.24, 2.45) is 5.92 Å². The van der Waals surface area contributed by atoms with Gasteiger partial charge in [0.2, 0.25) is 5.91 Å². The minimum atomic E-state index is -0.313. The lowest BCUT2D eigenvalue weighted by atomic mass is 10.0. The summed E-state index contributed by atoms with van der Waals surface area (Å²) in [6, 6.07) is 0. The molecule has 2 atom stereocenters. The van der Waals surface area contributed by atoms with Crippen LogP contribution in [0, 0.1) is 11.3 Å². The van der Waals surface area contributed by atoms with Gasteiger partial charge in [-0.25, -0.2) is 0 Å². The third-order valence-corrected chi connectivity index (χ3v) is 5.47. The van der Waals surface area contributed by atoms with Crippen molar-refractivity contribution in [3.05, 3.63) is 0 Å². The number of ether oxygens (including phenoxy) is 1. The molecule has 0 radical (unpaired) electrons. The van der Waals surface area contributed by atoms with Crippen molar-refractivity contribution in [3.63, 3.8) is 0 Å². The fourth-order valence-electron chi connectivity index (χ4n) is 3.59. The van der Waals surface area contributed by atoms with Gasteiger partial charge in [-0.1, -0.05) is 45.4 Å². The maximum atomic E-state index is 12.2. The highest BCUT2D eigenvalue weighted by Gasteiger charge is 2.54. The molecular weight excluding hydrogens is 318 g/mol. The molecule has 1 saturated carbocycles. The molecule has 0 aromatic heterocycles. The SMILES string of the molecule is CC1CC12CCCCCCCCCCC(=O)NC(=N)N(C)CC(=O)O2. The highest BCUT2D eigenvalue weighted by molar-refractivity contribution is 5.96. The van der Waals surface area contributed by atoms with Crippen LogP contribution in [-0.4, -0.2) is 41.9 Å². The predicted molar refractivity (Wildman–Crippen MR) is 97.3 cm³/mol. The van der Waals surface area contributed by atoms with E-state index in [1.165, 1.54) is 37.0 Å². The first kappa shape index (κ1) is 19.7. The average molecular weight is 351 g/mol. The number of likely N-dealkylation sites (N-methyl/N-ethyl adjacent to an activating group) is 1. The normalized spacial score (nSPS) is 31.0. The first-order valence-corrected chi connectivity index (χ1v) is 9.74. The Kier molecular flexibility index (Phi) is 7.26. The summed E-state index contributed by atoms with van der Waals surface area (Å²) in [6.07, 6.45) is 11.4. The van der Waals surface area contributed by atoms with Crippen LogP contribution >= 0.6 is 0 Å². The molecule has 0 bridgehead atoms. The number of guanidine groups is 1. The summed E-state index contributed by atoms with van der Waals surface area (Å²) in [6.45, 7) is 2.12. The van der Waals surface area contributed by atoms with Gasteiger partial charge in [-0.05, 0) is 31.6 Å². The van der Waals surface area contributed by atoms with Crippen molar-refractivity contribution in [1.82, 2.24) is 10.2 Å². The molecule has 1 aliphatic carbocycles. The van der Waals surface area contributed by atoms with Gasteiger partial charge in [-0.3, -0.25) is 20.3 Å². The van der Waals surface area contributed by atoms with E-state index in [1.54, 1.807) is 7.05 Å². The molecule has 2 unspecified atom stereocenters. The number of hydrogen-bond acceptors (Lipinski definition) is 4. The van der Waals surface area contributed by atoms with Crippen molar-refractivity contribution in [1.29, 1.82) is 5.41 Å². The molecule has 25 heavy (non-hydrogen) atoms. The summed E-state index contributed by atoms with van der Waals surface area (Å²) >= 11 is 0. The van der Waals surface area contributed by atoms with Crippen LogP contribution in [0.1, 0.15) is 77.6 Å². The van der Waals surface area contributed by atoms with Gasteiger partial charge in [0, 0.05) is 13.5 Å². The summed E-state index contributed by atoms with van der Waals surface area (Å²) in [5.41, 5.74) is -0.283. The minimum absolute atomic E-state index is 0.00637. The molecule has 1 spiro atoms. The second-order valence-electron chi connectivity index (χ2n) is 7.73. The number of rotatable bonds is 0. The Bertz CT molecular complexity index is 494. The van der Waals surface area contributed by atoms with E-state index >= 15 is 0 Å². The Morgan fingerprint density at radius 1 is 1.08 bits per heavy atom. The predicted octanol–water partition coefficient (Wildman–Crippen LogP) is 3.21. The van der Waals surface area contributed by atoms with Crippen molar-refractivity contribution in [2.45, 2.75) is 83.2 Å². The molecular formula is C19H33N3O3. The van der Waals surface area contributed by atoms with E-state index in [4.69, 9.17) is 10.1 Å².